The van der Waals surface area contributed by atoms with Gasteiger partial charge in [-0.2, -0.15) is 0 Å². The number of ether oxygens (including phenoxy) is 1. The van der Waals surface area contributed by atoms with Crippen LogP contribution in [0.25, 0.3) is 0 Å². The Morgan fingerprint density at radius 3 is 2.40 bits per heavy atom. The van der Waals surface area contributed by atoms with Crippen LogP contribution in [0.3, 0.4) is 0 Å². The Labute approximate surface area is 65.8 Å². The lowest BCUT2D eigenvalue weighted by Crippen LogP contribution is -2.19. The Bertz CT molecular complexity index is 144. The molecule has 0 saturated carbocycles. The molecule has 0 aromatic heterocycles. The fourth-order valence-corrected chi connectivity index (χ4v) is 0.485. The molecule has 0 aliphatic carbocycles. The largest absolute Gasteiger partial charge is 0.441 e. The Kier molecular flexibility index (Phi) is 3.43. The minimum Gasteiger partial charge on any atom is -0.441 e. The monoisotopic (exact) mass is 162 g/mol. The topological polar surface area (TPSA) is 26.3 Å². The van der Waals surface area contributed by atoms with Crippen molar-refractivity contribution in [3.63, 3.8) is 0 Å². The van der Waals surface area contributed by atoms with Crippen molar-refractivity contribution in [2.24, 2.45) is 0 Å². The van der Waals surface area contributed by atoms with Gasteiger partial charge >= 0.3 is 5.97 Å². The minimum atomic E-state index is -0.906. The van der Waals surface area contributed by atoms with Crippen LogP contribution in [0.4, 0.5) is 0 Å². The molecule has 0 heterocycles. The van der Waals surface area contributed by atoms with Crippen LogP contribution in [-0.4, -0.2) is 11.0 Å². The molecule has 0 atom stereocenters. The third-order valence-corrected chi connectivity index (χ3v) is 0.723. The molecular formula is C7H11ClO2. The van der Waals surface area contributed by atoms with E-state index in [-0.39, 0.29) is 0 Å². The van der Waals surface area contributed by atoms with Gasteiger partial charge in [0.05, 0.1) is 0 Å². The van der Waals surface area contributed by atoms with Crippen LogP contribution in [0.5, 0.6) is 0 Å². The molecule has 10 heavy (non-hydrogen) atoms. The highest BCUT2D eigenvalue weighted by molar-refractivity contribution is 6.23. The zero-order valence-electron chi connectivity index (χ0n) is 6.35. The second-order valence-electron chi connectivity index (χ2n) is 2.28. The highest BCUT2D eigenvalue weighted by Crippen LogP contribution is 2.14. The van der Waals surface area contributed by atoms with Gasteiger partial charge in [0.15, 0.2) is 5.06 Å². The average molecular weight is 163 g/mol. The van der Waals surface area contributed by atoms with Crippen LogP contribution >= 0.6 is 11.6 Å². The van der Waals surface area contributed by atoms with E-state index in [9.17, 15) is 4.79 Å². The summed E-state index contributed by atoms with van der Waals surface area (Å²) in [6, 6.07) is 0. The molecule has 0 aromatic rings. The maximum absolute atomic E-state index is 10.7. The lowest BCUT2D eigenvalue weighted by atomic mass is 10.4. The van der Waals surface area contributed by atoms with Gasteiger partial charge in [-0.25, -0.2) is 4.79 Å². The van der Waals surface area contributed by atoms with Crippen molar-refractivity contribution in [3.8, 4) is 0 Å². The van der Waals surface area contributed by atoms with Gasteiger partial charge in [-0.3, -0.25) is 0 Å². The van der Waals surface area contributed by atoms with Gasteiger partial charge in [-0.1, -0.05) is 17.7 Å². The van der Waals surface area contributed by atoms with Gasteiger partial charge in [0, 0.05) is 6.08 Å². The van der Waals surface area contributed by atoms with E-state index in [4.69, 9.17) is 16.3 Å². The van der Waals surface area contributed by atoms with Crippen molar-refractivity contribution in [1.29, 1.82) is 0 Å². The Hall–Kier alpha value is -0.500. The fraction of sp³-hybridized carbons (Fsp3) is 0.571. The normalized spacial score (nSPS) is 12.0. The van der Waals surface area contributed by atoms with Gasteiger partial charge < -0.3 is 4.74 Å². The summed E-state index contributed by atoms with van der Waals surface area (Å²) in [4.78, 5) is 10.7. The zero-order valence-corrected chi connectivity index (χ0v) is 7.11. The first kappa shape index (κ1) is 9.50. The Morgan fingerprint density at radius 2 is 2.10 bits per heavy atom. The standard InChI is InChI=1S/C7H11ClO2/c1-4-5-6(9)10-7(2,3)8/h4-5H,1-3H3. The van der Waals surface area contributed by atoms with Gasteiger partial charge in [0.2, 0.25) is 0 Å². The van der Waals surface area contributed by atoms with Crippen LogP contribution < -0.4 is 0 Å². The number of rotatable bonds is 2. The number of alkyl halides is 1. The molecule has 0 aliphatic heterocycles. The lowest BCUT2D eigenvalue weighted by Gasteiger charge is -2.14. The first-order valence-electron chi connectivity index (χ1n) is 3.00. The molecule has 0 spiro atoms. The molecular weight excluding hydrogens is 152 g/mol. The van der Waals surface area contributed by atoms with Crippen molar-refractivity contribution >= 4 is 17.6 Å². The predicted molar refractivity (Wildman–Crippen MR) is 40.8 cm³/mol. The summed E-state index contributed by atoms with van der Waals surface area (Å²) < 4.78 is 4.72. The first-order chi connectivity index (χ1) is 4.45. The van der Waals surface area contributed by atoms with E-state index < -0.39 is 11.0 Å². The molecule has 58 valence electrons. The van der Waals surface area contributed by atoms with Crippen molar-refractivity contribution in [2.75, 3.05) is 0 Å². The number of carbonyl (C=O) groups is 1. The summed E-state index contributed by atoms with van der Waals surface area (Å²) in [5, 5.41) is -0.906. The molecule has 0 rings (SSSR count). The molecule has 0 N–H and O–H groups in total. The summed E-state index contributed by atoms with van der Waals surface area (Å²) in [7, 11) is 0. The smallest absolute Gasteiger partial charge is 0.332 e. The molecule has 0 fully saturated rings. The maximum Gasteiger partial charge on any atom is 0.332 e. The molecule has 0 bridgehead atoms. The number of allylic oxidation sites excluding steroid dienone is 1. The van der Waals surface area contributed by atoms with Crippen LogP contribution in [0.15, 0.2) is 12.2 Å². The molecule has 0 unspecified atom stereocenters. The fourth-order valence-electron chi connectivity index (χ4n) is 0.409. The highest BCUT2D eigenvalue weighted by atomic mass is 35.5. The van der Waals surface area contributed by atoms with E-state index in [0.29, 0.717) is 0 Å². The molecule has 0 saturated heterocycles. The van der Waals surface area contributed by atoms with Crippen LogP contribution in [0.2, 0.25) is 0 Å². The Balaban J connectivity index is 3.81. The van der Waals surface area contributed by atoms with Crippen molar-refractivity contribution in [3.05, 3.63) is 12.2 Å². The summed E-state index contributed by atoms with van der Waals surface area (Å²) in [6.45, 7) is 4.95. The van der Waals surface area contributed by atoms with Gasteiger partial charge in [-0.15, -0.1) is 0 Å². The predicted octanol–water partition coefficient (Wildman–Crippen LogP) is 2.08. The van der Waals surface area contributed by atoms with E-state index in [1.807, 2.05) is 0 Å². The molecule has 0 radical (unpaired) electrons. The van der Waals surface area contributed by atoms with Crippen LogP contribution in [-0.2, 0) is 9.53 Å². The van der Waals surface area contributed by atoms with E-state index in [1.54, 1.807) is 26.8 Å². The quantitative estimate of drug-likeness (QED) is 0.353. The highest BCUT2D eigenvalue weighted by Gasteiger charge is 2.16. The second-order valence-corrected chi connectivity index (χ2v) is 3.19. The number of hydrogen-bond donors (Lipinski definition) is 0. The van der Waals surface area contributed by atoms with Gasteiger partial charge in [-0.05, 0) is 20.8 Å². The number of halogens is 1. The summed E-state index contributed by atoms with van der Waals surface area (Å²) in [6.07, 6.45) is 2.93. The average Bonchev–Trinajstić information content (AvgIpc) is 1.59. The number of hydrogen-bond acceptors (Lipinski definition) is 2. The van der Waals surface area contributed by atoms with E-state index in [2.05, 4.69) is 0 Å². The second kappa shape index (κ2) is 3.62. The van der Waals surface area contributed by atoms with E-state index in [0.717, 1.165) is 0 Å². The SMILES string of the molecule is CC=CC(=O)OC(C)(C)Cl. The van der Waals surface area contributed by atoms with Crippen LogP contribution in [0, 0.1) is 0 Å². The molecule has 0 amide bonds. The number of carbonyl (C=O) groups excluding carboxylic acids is 1. The molecule has 0 aromatic carbocycles. The van der Waals surface area contributed by atoms with Gasteiger partial charge in [0.25, 0.3) is 0 Å². The maximum atomic E-state index is 10.7. The third kappa shape index (κ3) is 5.63. The lowest BCUT2D eigenvalue weighted by molar-refractivity contribution is -0.143. The molecule has 3 heteroatoms. The van der Waals surface area contributed by atoms with Crippen LogP contribution in [0.1, 0.15) is 20.8 Å². The van der Waals surface area contributed by atoms with Crippen molar-refractivity contribution in [1.82, 2.24) is 0 Å². The van der Waals surface area contributed by atoms with Crippen molar-refractivity contribution < 1.29 is 9.53 Å². The first-order valence-corrected chi connectivity index (χ1v) is 3.38. The zero-order chi connectivity index (χ0) is 8.20. The van der Waals surface area contributed by atoms with Gasteiger partial charge in [0.1, 0.15) is 0 Å². The number of esters is 1. The van der Waals surface area contributed by atoms with Crippen molar-refractivity contribution in [2.45, 2.75) is 25.8 Å². The summed E-state index contributed by atoms with van der Waals surface area (Å²) in [5.41, 5.74) is 0. The minimum absolute atomic E-state index is 0.414. The molecule has 0 aliphatic rings. The molecule has 2 nitrogen and oxygen atoms in total. The van der Waals surface area contributed by atoms with E-state index in [1.165, 1.54) is 6.08 Å². The summed E-state index contributed by atoms with van der Waals surface area (Å²) in [5.74, 6) is -0.414. The van der Waals surface area contributed by atoms with E-state index >= 15 is 0 Å². The Morgan fingerprint density at radius 1 is 1.60 bits per heavy atom. The third-order valence-electron chi connectivity index (χ3n) is 0.646. The summed E-state index contributed by atoms with van der Waals surface area (Å²) >= 11 is 5.59.